The van der Waals surface area contributed by atoms with Crippen LogP contribution in [0.2, 0.25) is 0 Å². The SMILES string of the molecule is NNC(c1nc2ccccc2cc1Br)C1CCOC1. The van der Waals surface area contributed by atoms with Crippen LogP contribution in [0.15, 0.2) is 34.8 Å². The monoisotopic (exact) mass is 321 g/mol. The molecular formula is C14H16BrN3O. The van der Waals surface area contributed by atoms with E-state index >= 15 is 0 Å². The van der Waals surface area contributed by atoms with Gasteiger partial charge in [-0.25, -0.2) is 4.98 Å². The van der Waals surface area contributed by atoms with Gasteiger partial charge in [-0.15, -0.1) is 0 Å². The van der Waals surface area contributed by atoms with E-state index in [-0.39, 0.29) is 6.04 Å². The van der Waals surface area contributed by atoms with Crippen molar-refractivity contribution in [2.75, 3.05) is 13.2 Å². The third kappa shape index (κ3) is 2.51. The van der Waals surface area contributed by atoms with Crippen molar-refractivity contribution in [1.29, 1.82) is 0 Å². The second-order valence-electron chi connectivity index (χ2n) is 4.82. The van der Waals surface area contributed by atoms with Gasteiger partial charge in [-0.2, -0.15) is 0 Å². The van der Waals surface area contributed by atoms with Crippen molar-refractivity contribution in [3.63, 3.8) is 0 Å². The lowest BCUT2D eigenvalue weighted by molar-refractivity contribution is 0.176. The first kappa shape index (κ1) is 13.0. The zero-order valence-electron chi connectivity index (χ0n) is 10.5. The number of rotatable bonds is 3. The van der Waals surface area contributed by atoms with Crippen LogP contribution >= 0.6 is 15.9 Å². The maximum atomic E-state index is 5.73. The highest BCUT2D eigenvalue weighted by Gasteiger charge is 2.28. The van der Waals surface area contributed by atoms with Gasteiger partial charge in [0.1, 0.15) is 0 Å². The molecule has 1 aliphatic rings. The lowest BCUT2D eigenvalue weighted by Crippen LogP contribution is -2.34. The lowest BCUT2D eigenvalue weighted by atomic mass is 9.96. The van der Waals surface area contributed by atoms with E-state index < -0.39 is 0 Å². The Hall–Kier alpha value is -1.01. The quantitative estimate of drug-likeness (QED) is 0.673. The standard InChI is InChI=1S/C14H16BrN3O/c15-11-7-9-3-1-2-4-12(9)17-14(11)13(18-16)10-5-6-19-8-10/h1-4,7,10,13,18H,5-6,8,16H2. The highest BCUT2D eigenvalue weighted by molar-refractivity contribution is 9.10. The van der Waals surface area contributed by atoms with Gasteiger partial charge in [0.05, 0.1) is 23.9 Å². The fraction of sp³-hybridized carbons (Fsp3) is 0.357. The molecule has 1 aromatic heterocycles. The van der Waals surface area contributed by atoms with Crippen LogP contribution in [0, 0.1) is 5.92 Å². The van der Waals surface area contributed by atoms with Gasteiger partial charge in [-0.3, -0.25) is 11.3 Å². The number of hydrazine groups is 1. The van der Waals surface area contributed by atoms with Gasteiger partial charge in [0.2, 0.25) is 0 Å². The molecule has 0 radical (unpaired) electrons. The third-order valence-electron chi connectivity index (χ3n) is 3.62. The summed E-state index contributed by atoms with van der Waals surface area (Å²) in [5, 5.41) is 1.12. The summed E-state index contributed by atoms with van der Waals surface area (Å²) < 4.78 is 6.44. The average Bonchev–Trinajstić information content (AvgIpc) is 2.94. The minimum Gasteiger partial charge on any atom is -0.381 e. The number of ether oxygens (including phenoxy) is 1. The third-order valence-corrected chi connectivity index (χ3v) is 4.25. The zero-order chi connectivity index (χ0) is 13.2. The Bertz CT molecular complexity index is 584. The number of nitrogens with one attached hydrogen (secondary N) is 1. The van der Waals surface area contributed by atoms with Crippen molar-refractivity contribution in [1.82, 2.24) is 10.4 Å². The predicted octanol–water partition coefficient (Wildman–Crippen LogP) is 2.54. The van der Waals surface area contributed by atoms with Crippen LogP contribution in [0.5, 0.6) is 0 Å². The van der Waals surface area contributed by atoms with Crippen LogP contribution in [0.1, 0.15) is 18.2 Å². The number of para-hydroxylation sites is 1. The molecule has 5 heteroatoms. The maximum absolute atomic E-state index is 5.73. The van der Waals surface area contributed by atoms with E-state index in [0.29, 0.717) is 5.92 Å². The molecular weight excluding hydrogens is 306 g/mol. The highest BCUT2D eigenvalue weighted by atomic mass is 79.9. The zero-order valence-corrected chi connectivity index (χ0v) is 12.1. The van der Waals surface area contributed by atoms with Crippen LogP contribution in [0.3, 0.4) is 0 Å². The molecule has 1 aromatic carbocycles. The molecule has 3 N–H and O–H groups in total. The minimum absolute atomic E-state index is 0.0153. The van der Waals surface area contributed by atoms with E-state index in [1.54, 1.807) is 0 Å². The van der Waals surface area contributed by atoms with E-state index in [1.807, 2.05) is 18.2 Å². The molecule has 2 atom stereocenters. The summed E-state index contributed by atoms with van der Waals surface area (Å²) in [7, 11) is 0. The Morgan fingerprint density at radius 2 is 2.26 bits per heavy atom. The number of benzene rings is 1. The molecule has 1 aliphatic heterocycles. The van der Waals surface area contributed by atoms with E-state index in [2.05, 4.69) is 33.5 Å². The fourth-order valence-electron chi connectivity index (χ4n) is 2.58. The molecule has 100 valence electrons. The Morgan fingerprint density at radius 1 is 1.42 bits per heavy atom. The Balaban J connectivity index is 2.04. The number of halogens is 1. The molecule has 1 fully saturated rings. The second kappa shape index (κ2) is 5.54. The lowest BCUT2D eigenvalue weighted by Gasteiger charge is -2.22. The summed E-state index contributed by atoms with van der Waals surface area (Å²) in [6, 6.07) is 10.2. The number of fused-ring (bicyclic) bond motifs is 1. The van der Waals surface area contributed by atoms with Crippen molar-refractivity contribution in [2.45, 2.75) is 12.5 Å². The largest absolute Gasteiger partial charge is 0.381 e. The van der Waals surface area contributed by atoms with Crippen molar-refractivity contribution < 1.29 is 4.74 Å². The van der Waals surface area contributed by atoms with Gasteiger partial charge < -0.3 is 4.74 Å². The normalized spacial score (nSPS) is 20.8. The van der Waals surface area contributed by atoms with Gasteiger partial charge >= 0.3 is 0 Å². The summed E-state index contributed by atoms with van der Waals surface area (Å²) in [4.78, 5) is 4.75. The first-order valence-electron chi connectivity index (χ1n) is 6.38. The molecule has 19 heavy (non-hydrogen) atoms. The predicted molar refractivity (Wildman–Crippen MR) is 78.4 cm³/mol. The molecule has 2 unspecified atom stereocenters. The molecule has 0 spiro atoms. The van der Waals surface area contributed by atoms with Crippen molar-refractivity contribution in [3.8, 4) is 0 Å². The fourth-order valence-corrected chi connectivity index (χ4v) is 3.16. The Morgan fingerprint density at radius 3 is 3.00 bits per heavy atom. The summed E-state index contributed by atoms with van der Waals surface area (Å²) in [6.45, 7) is 1.53. The number of hydrogen-bond donors (Lipinski definition) is 2. The number of nitrogens with two attached hydrogens (primary N) is 1. The molecule has 0 aliphatic carbocycles. The van der Waals surface area contributed by atoms with Gasteiger partial charge in [0, 0.05) is 22.4 Å². The van der Waals surface area contributed by atoms with Gasteiger partial charge in [0.25, 0.3) is 0 Å². The van der Waals surface area contributed by atoms with Gasteiger partial charge in [-0.1, -0.05) is 18.2 Å². The summed E-state index contributed by atoms with van der Waals surface area (Å²) in [6.07, 6.45) is 1.01. The molecule has 2 heterocycles. The van der Waals surface area contributed by atoms with E-state index in [9.17, 15) is 0 Å². The summed E-state index contributed by atoms with van der Waals surface area (Å²) >= 11 is 3.61. The number of hydrogen-bond acceptors (Lipinski definition) is 4. The molecule has 0 amide bonds. The topological polar surface area (TPSA) is 60.2 Å². The Labute approximate surface area is 120 Å². The molecule has 0 bridgehead atoms. The van der Waals surface area contributed by atoms with Crippen molar-refractivity contribution in [3.05, 3.63) is 40.5 Å². The second-order valence-corrected chi connectivity index (χ2v) is 5.67. The molecule has 2 aromatic rings. The average molecular weight is 322 g/mol. The number of aromatic nitrogens is 1. The van der Waals surface area contributed by atoms with Crippen molar-refractivity contribution >= 4 is 26.8 Å². The molecule has 1 saturated heterocycles. The van der Waals surface area contributed by atoms with Crippen LogP contribution in [0.4, 0.5) is 0 Å². The number of nitrogens with zero attached hydrogens (tertiary/aromatic N) is 1. The summed E-state index contributed by atoms with van der Waals surface area (Å²) in [5.74, 6) is 6.10. The van der Waals surface area contributed by atoms with E-state index in [1.165, 1.54) is 0 Å². The summed E-state index contributed by atoms with van der Waals surface area (Å²) in [5.41, 5.74) is 4.83. The number of pyridine rings is 1. The van der Waals surface area contributed by atoms with Gasteiger partial charge in [-0.05, 0) is 34.5 Å². The first-order valence-corrected chi connectivity index (χ1v) is 7.18. The molecule has 3 rings (SSSR count). The van der Waals surface area contributed by atoms with Crippen LogP contribution in [-0.4, -0.2) is 18.2 Å². The molecule has 0 saturated carbocycles. The van der Waals surface area contributed by atoms with Crippen LogP contribution < -0.4 is 11.3 Å². The van der Waals surface area contributed by atoms with Crippen LogP contribution in [-0.2, 0) is 4.74 Å². The first-order chi connectivity index (χ1) is 9.29. The van der Waals surface area contributed by atoms with E-state index in [0.717, 1.165) is 40.7 Å². The molecule has 4 nitrogen and oxygen atoms in total. The highest BCUT2D eigenvalue weighted by Crippen LogP contribution is 2.33. The Kier molecular flexibility index (Phi) is 3.79. The van der Waals surface area contributed by atoms with Gasteiger partial charge in [0.15, 0.2) is 0 Å². The van der Waals surface area contributed by atoms with Crippen LogP contribution in [0.25, 0.3) is 10.9 Å². The maximum Gasteiger partial charge on any atom is 0.0739 e. The minimum atomic E-state index is 0.0153. The van der Waals surface area contributed by atoms with Crippen molar-refractivity contribution in [2.24, 2.45) is 11.8 Å². The smallest absolute Gasteiger partial charge is 0.0739 e. The van der Waals surface area contributed by atoms with E-state index in [4.69, 9.17) is 15.6 Å².